The topological polar surface area (TPSA) is 193 Å². The maximum absolute atomic E-state index is 14.9. The van der Waals surface area contributed by atoms with Gasteiger partial charge in [0.15, 0.2) is 17.3 Å². The van der Waals surface area contributed by atoms with Crippen molar-refractivity contribution < 1.29 is 37.2 Å². The van der Waals surface area contributed by atoms with Gasteiger partial charge in [-0.1, -0.05) is 38.1 Å². The molecule has 2 atom stereocenters. The predicted molar refractivity (Wildman–Crippen MR) is 268 cm³/mol. The standard InChI is InChI=1S/C52H68FN9O7S/c1-7-68-50-46(26-41-42(53)31-56-47(41)57-50)69-45-24-35(61-20-18-52(19-21-61)27-36(28-52)62-23-22-59(5)32-44(62)39-11-9-8-10-38(39)33(2)3)12-13-40(45)49(63)58-70(66,67)37-25-43(60(6)65)48(55-30-37)54-29-34-14-16-51(4,64)17-15-34/h8-13,24-26,30-31,33-34,36,44,60,64H,7,14-23,27-29,32H2,1-6H3,(H,54,55)(H,56,57)(H,58,63)/t34?,44-,51?/m0/s1. The summed E-state index contributed by atoms with van der Waals surface area (Å²) in [5, 5.41) is 26.2. The minimum absolute atomic E-state index is 0.0151. The van der Waals surface area contributed by atoms with E-state index in [0.29, 0.717) is 37.4 Å². The number of nitrogens with one attached hydrogen (secondary N) is 4. The Hall–Kier alpha value is -5.37. The number of aromatic nitrogens is 3. The van der Waals surface area contributed by atoms with E-state index in [4.69, 9.17) is 9.47 Å². The summed E-state index contributed by atoms with van der Waals surface area (Å²) in [6, 6.07) is 17.5. The summed E-state index contributed by atoms with van der Waals surface area (Å²) >= 11 is 0. The molecule has 0 radical (unpaired) electrons. The molecule has 0 bridgehead atoms. The van der Waals surface area contributed by atoms with Crippen molar-refractivity contribution in [3.63, 3.8) is 0 Å². The highest BCUT2D eigenvalue weighted by Crippen LogP contribution is 2.53. The van der Waals surface area contributed by atoms with Crippen LogP contribution in [0.5, 0.6) is 17.4 Å². The average Bonchev–Trinajstić information content (AvgIpc) is 3.68. The number of pyridine rings is 2. The fourth-order valence-corrected chi connectivity index (χ4v) is 12.1. The lowest BCUT2D eigenvalue weighted by Crippen LogP contribution is -2.98. The number of halogens is 1. The molecule has 18 heteroatoms. The normalized spacial score (nSPS) is 22.8. The third-order valence-electron chi connectivity index (χ3n) is 15.4. The molecule has 2 aliphatic heterocycles. The van der Waals surface area contributed by atoms with E-state index < -0.39 is 32.4 Å². The number of carbonyl (C=O) groups excluding carboxylic acids is 1. The first-order valence-electron chi connectivity index (χ1n) is 24.9. The summed E-state index contributed by atoms with van der Waals surface area (Å²) in [6.07, 6.45) is 9.50. The summed E-state index contributed by atoms with van der Waals surface area (Å²) in [5.41, 5.74) is 3.39. The number of piperazine rings is 1. The second-order valence-electron chi connectivity index (χ2n) is 20.8. The number of hydrogen-bond acceptors (Lipinski definition) is 13. The molecule has 5 N–H and O–H groups in total. The smallest absolute Gasteiger partial charge is 0.268 e. The van der Waals surface area contributed by atoms with Gasteiger partial charge in [-0.05, 0) is 113 Å². The van der Waals surface area contributed by atoms with E-state index in [1.807, 2.05) is 6.92 Å². The molecule has 1 spiro atoms. The Morgan fingerprint density at radius 3 is 2.50 bits per heavy atom. The number of carbonyl (C=O) groups is 1. The molecule has 70 heavy (non-hydrogen) atoms. The number of piperidine rings is 1. The first-order chi connectivity index (χ1) is 33.4. The lowest BCUT2D eigenvalue weighted by Gasteiger charge is -2.58. The van der Waals surface area contributed by atoms with E-state index in [1.54, 1.807) is 19.1 Å². The number of nitrogens with zero attached hydrogens (tertiary/aromatic N) is 5. The number of benzene rings is 2. The molecule has 5 heterocycles. The quantitative estimate of drug-likeness (QED) is 0.0659. The molecule has 2 aromatic carbocycles. The Morgan fingerprint density at radius 2 is 1.79 bits per heavy atom. The lowest BCUT2D eigenvalue weighted by atomic mass is 9.59. The van der Waals surface area contributed by atoms with Gasteiger partial charge >= 0.3 is 0 Å². The summed E-state index contributed by atoms with van der Waals surface area (Å²) in [5.74, 6) is -0.498. The molecule has 1 unspecified atom stereocenters. The van der Waals surface area contributed by atoms with Crippen molar-refractivity contribution in [2.24, 2.45) is 11.3 Å². The number of anilines is 2. The first kappa shape index (κ1) is 49.6. The van der Waals surface area contributed by atoms with Crippen LogP contribution in [0, 0.1) is 22.4 Å². The fourth-order valence-electron chi connectivity index (χ4n) is 11.2. The lowest BCUT2D eigenvalue weighted by molar-refractivity contribution is -0.751. The molecule has 2 aliphatic carbocycles. The molecule has 4 fully saturated rings. The summed E-state index contributed by atoms with van der Waals surface area (Å²) in [6.45, 7) is 13.5. The second kappa shape index (κ2) is 20.0. The number of hydroxylamine groups is 1. The molecule has 2 saturated heterocycles. The Bertz CT molecular complexity index is 2800. The highest BCUT2D eigenvalue weighted by molar-refractivity contribution is 7.90. The van der Waals surface area contributed by atoms with Crippen molar-refractivity contribution in [3.8, 4) is 17.4 Å². The number of amides is 1. The van der Waals surface area contributed by atoms with Crippen molar-refractivity contribution in [1.29, 1.82) is 0 Å². The van der Waals surface area contributed by atoms with Gasteiger partial charge in [0.05, 0.1) is 36.4 Å². The SMILES string of the molecule is CCOc1nc2[nH]cc(F)c2cc1Oc1cc(N2CCC3(CC2)CC(N2CCN(C)C[C@H]2c2ccccc2C(C)C)C3)ccc1C(=O)NS(=O)(=O)c1cnc(NCC2CCC(C)(O)CC2)c([NH+](C)[O-])c1. The Labute approximate surface area is 410 Å². The zero-order chi connectivity index (χ0) is 49.5. The number of H-pyrrole nitrogens is 1. The van der Waals surface area contributed by atoms with Crippen molar-refractivity contribution in [3.05, 3.63) is 94.7 Å². The zero-order valence-electron chi connectivity index (χ0n) is 41.2. The molecular weight excluding hydrogens is 914 g/mol. The largest absolute Gasteiger partial charge is 0.629 e. The van der Waals surface area contributed by atoms with Crippen LogP contribution in [0.2, 0.25) is 0 Å². The van der Waals surface area contributed by atoms with Crippen LogP contribution in [0.15, 0.2) is 71.9 Å². The molecule has 5 aromatic rings. The summed E-state index contributed by atoms with van der Waals surface area (Å²) in [7, 11) is -1.03. The number of fused-ring (bicyclic) bond motifs is 1. The molecule has 9 rings (SSSR count). The van der Waals surface area contributed by atoms with Crippen LogP contribution in [0.4, 0.5) is 21.6 Å². The maximum Gasteiger partial charge on any atom is 0.268 e. The van der Waals surface area contributed by atoms with Gasteiger partial charge in [0.25, 0.3) is 21.8 Å². The highest BCUT2D eigenvalue weighted by Gasteiger charge is 2.50. The van der Waals surface area contributed by atoms with Crippen LogP contribution in [0.25, 0.3) is 11.0 Å². The van der Waals surface area contributed by atoms with Gasteiger partial charge in [-0.3, -0.25) is 9.69 Å². The van der Waals surface area contributed by atoms with Crippen molar-refractivity contribution in [1.82, 2.24) is 29.5 Å². The van der Waals surface area contributed by atoms with Crippen LogP contribution in [0.1, 0.15) is 113 Å². The van der Waals surface area contributed by atoms with Gasteiger partial charge in [0.2, 0.25) is 0 Å². The summed E-state index contributed by atoms with van der Waals surface area (Å²) in [4.78, 5) is 32.9. The Morgan fingerprint density at radius 1 is 1.04 bits per heavy atom. The van der Waals surface area contributed by atoms with Crippen molar-refractivity contribution in [2.45, 2.75) is 108 Å². The van der Waals surface area contributed by atoms with Crippen molar-refractivity contribution >= 4 is 44.2 Å². The average molecular weight is 982 g/mol. The van der Waals surface area contributed by atoms with E-state index in [9.17, 15) is 27.9 Å². The molecule has 16 nitrogen and oxygen atoms in total. The van der Waals surface area contributed by atoms with Crippen LogP contribution in [0.3, 0.4) is 0 Å². The number of likely N-dealkylation sites (N-methyl/N-ethyl adjacent to an activating group) is 1. The Balaban J connectivity index is 0.937. The van der Waals surface area contributed by atoms with E-state index in [0.717, 1.165) is 83.1 Å². The molecule has 3 aromatic heterocycles. The van der Waals surface area contributed by atoms with Gasteiger partial charge in [-0.25, -0.2) is 22.5 Å². The molecular formula is C52H68FN9O7S. The van der Waals surface area contributed by atoms with Gasteiger partial charge in [0.1, 0.15) is 22.1 Å². The van der Waals surface area contributed by atoms with E-state index in [2.05, 4.69) is 84.9 Å². The van der Waals surface area contributed by atoms with Crippen LogP contribution >= 0.6 is 0 Å². The highest BCUT2D eigenvalue weighted by atomic mass is 32.2. The van der Waals surface area contributed by atoms with Crippen LogP contribution in [-0.2, 0) is 10.0 Å². The van der Waals surface area contributed by atoms with Gasteiger partial charge < -0.3 is 45.0 Å². The minimum Gasteiger partial charge on any atom is -0.629 e. The van der Waals surface area contributed by atoms with E-state index in [-0.39, 0.29) is 68.3 Å². The van der Waals surface area contributed by atoms with Crippen LogP contribution < -0.4 is 29.5 Å². The first-order valence-corrected chi connectivity index (χ1v) is 26.3. The monoisotopic (exact) mass is 981 g/mol. The number of ether oxygens (including phenoxy) is 2. The number of aromatic amines is 1. The second-order valence-corrected chi connectivity index (χ2v) is 22.5. The van der Waals surface area contributed by atoms with Gasteiger partial charge in [-0.2, -0.15) is 4.98 Å². The molecule has 4 aliphatic rings. The van der Waals surface area contributed by atoms with Gasteiger partial charge in [0, 0.05) is 81.4 Å². The van der Waals surface area contributed by atoms with Gasteiger partial charge in [-0.15, -0.1) is 0 Å². The summed E-state index contributed by atoms with van der Waals surface area (Å²) < 4.78 is 57.3. The maximum atomic E-state index is 14.9. The predicted octanol–water partition coefficient (Wildman–Crippen LogP) is 7.26. The fraction of sp³-hybridized carbons (Fsp3) is 0.519. The molecule has 2 saturated carbocycles. The Kier molecular flexibility index (Phi) is 14.2. The number of aliphatic hydroxyl groups is 1. The number of rotatable bonds is 15. The van der Waals surface area contributed by atoms with Crippen LogP contribution in [-0.4, -0.2) is 116 Å². The zero-order valence-corrected chi connectivity index (χ0v) is 42.0. The number of quaternary nitrogens is 1. The minimum atomic E-state index is -4.58. The van der Waals surface area contributed by atoms with Crippen molar-refractivity contribution in [2.75, 3.05) is 70.2 Å². The molecule has 1 amide bonds. The molecule has 376 valence electrons. The van der Waals surface area contributed by atoms with E-state index in [1.165, 1.54) is 42.6 Å². The van der Waals surface area contributed by atoms with E-state index >= 15 is 0 Å². The third-order valence-corrected chi connectivity index (χ3v) is 16.7. The number of sulfonamides is 1. The number of hydrogen-bond donors (Lipinski definition) is 5. The third kappa shape index (κ3) is 10.5.